The van der Waals surface area contributed by atoms with Crippen LogP contribution in [-0.4, -0.2) is 49.9 Å². The Labute approximate surface area is 148 Å². The van der Waals surface area contributed by atoms with Crippen molar-refractivity contribution < 1.29 is 17.9 Å². The number of likely N-dealkylation sites (tertiary alicyclic amines) is 1. The molecule has 0 unspecified atom stereocenters. The van der Waals surface area contributed by atoms with Crippen molar-refractivity contribution in [2.24, 2.45) is 5.92 Å². The summed E-state index contributed by atoms with van der Waals surface area (Å²) in [6.07, 6.45) is 1.00. The Balaban J connectivity index is 1.81. The van der Waals surface area contributed by atoms with Crippen molar-refractivity contribution in [3.63, 3.8) is 0 Å². The number of carbonyl (C=O) groups is 1. The Kier molecular flexibility index (Phi) is 6.52. The highest BCUT2D eigenvalue weighted by Crippen LogP contribution is 2.21. The van der Waals surface area contributed by atoms with Crippen molar-refractivity contribution in [2.45, 2.75) is 31.9 Å². The van der Waals surface area contributed by atoms with Crippen LogP contribution in [0.15, 0.2) is 24.3 Å². The average Bonchev–Trinajstić information content (AvgIpc) is 2.53. The second-order valence-corrected chi connectivity index (χ2v) is 9.31. The van der Waals surface area contributed by atoms with Crippen LogP contribution in [0.25, 0.3) is 0 Å². The van der Waals surface area contributed by atoms with Gasteiger partial charge in [0.15, 0.2) is 16.4 Å². The smallest absolute Gasteiger partial charge is 0.260 e. The van der Waals surface area contributed by atoms with Crippen molar-refractivity contribution in [1.82, 2.24) is 4.90 Å². The van der Waals surface area contributed by atoms with Gasteiger partial charge in [0.1, 0.15) is 5.75 Å². The van der Waals surface area contributed by atoms with Crippen LogP contribution in [0.2, 0.25) is 5.02 Å². The molecule has 1 saturated heterocycles. The first-order valence-electron chi connectivity index (χ1n) is 8.15. The maximum absolute atomic E-state index is 12.3. The molecule has 0 atom stereocenters. The summed E-state index contributed by atoms with van der Waals surface area (Å²) in [5.74, 6) is 0.805. The monoisotopic (exact) mass is 373 g/mol. The normalized spacial score (nSPS) is 16.4. The molecule has 1 aromatic carbocycles. The molecule has 0 spiro atoms. The van der Waals surface area contributed by atoms with Crippen LogP contribution < -0.4 is 4.74 Å². The topological polar surface area (TPSA) is 63.7 Å². The minimum Gasteiger partial charge on any atom is -0.484 e. The molecule has 5 nitrogen and oxygen atoms in total. The summed E-state index contributed by atoms with van der Waals surface area (Å²) >= 11 is 5.80. The maximum atomic E-state index is 12.3. The van der Waals surface area contributed by atoms with Gasteiger partial charge in [0.2, 0.25) is 0 Å². The van der Waals surface area contributed by atoms with E-state index in [1.807, 2.05) is 13.8 Å². The quantitative estimate of drug-likeness (QED) is 0.769. The van der Waals surface area contributed by atoms with Gasteiger partial charge in [0.05, 0.1) is 11.0 Å². The van der Waals surface area contributed by atoms with E-state index in [9.17, 15) is 13.2 Å². The second kappa shape index (κ2) is 8.21. The largest absolute Gasteiger partial charge is 0.484 e. The predicted molar refractivity (Wildman–Crippen MR) is 95.2 cm³/mol. The fourth-order valence-electron chi connectivity index (χ4n) is 2.83. The molecule has 0 aliphatic carbocycles. The zero-order valence-corrected chi connectivity index (χ0v) is 15.6. The van der Waals surface area contributed by atoms with Gasteiger partial charge in [0.25, 0.3) is 5.91 Å². The first-order valence-corrected chi connectivity index (χ1v) is 10.2. The zero-order valence-electron chi connectivity index (χ0n) is 14.1. The van der Waals surface area contributed by atoms with E-state index in [-0.39, 0.29) is 29.4 Å². The number of hydrogen-bond donors (Lipinski definition) is 0. The lowest BCUT2D eigenvalue weighted by molar-refractivity contribution is -0.134. The third-order valence-electron chi connectivity index (χ3n) is 4.04. The van der Waals surface area contributed by atoms with Crippen LogP contribution in [0.4, 0.5) is 0 Å². The number of halogens is 1. The number of ether oxygens (including phenoxy) is 1. The highest BCUT2D eigenvalue weighted by molar-refractivity contribution is 7.92. The van der Waals surface area contributed by atoms with E-state index >= 15 is 0 Å². The first kappa shape index (κ1) is 19.1. The first-order chi connectivity index (χ1) is 11.3. The van der Waals surface area contributed by atoms with Crippen LogP contribution in [0.1, 0.15) is 26.7 Å². The van der Waals surface area contributed by atoms with Crippen LogP contribution in [-0.2, 0) is 14.6 Å². The standard InChI is InChI=1S/C17H24ClNO4S/c1-13(2)12-24(21,22)16-7-9-19(10-8-16)17(20)11-23-15-5-3-14(18)4-6-15/h3-6,13,16H,7-12H2,1-2H3. The number of hydrogen-bond acceptors (Lipinski definition) is 4. The minimum absolute atomic E-state index is 0.0506. The fraction of sp³-hybridized carbons (Fsp3) is 0.588. The van der Waals surface area contributed by atoms with Crippen LogP contribution in [0.5, 0.6) is 5.75 Å². The predicted octanol–water partition coefficient (Wildman–Crippen LogP) is 2.78. The van der Waals surface area contributed by atoms with E-state index in [4.69, 9.17) is 16.3 Å². The van der Waals surface area contributed by atoms with Crippen molar-refractivity contribution in [3.05, 3.63) is 29.3 Å². The van der Waals surface area contributed by atoms with E-state index in [1.165, 1.54) is 0 Å². The molecule has 1 amide bonds. The van der Waals surface area contributed by atoms with Gasteiger partial charge < -0.3 is 9.64 Å². The fourth-order valence-corrected chi connectivity index (χ4v) is 5.09. The van der Waals surface area contributed by atoms with Gasteiger partial charge in [-0.25, -0.2) is 8.42 Å². The third-order valence-corrected chi connectivity index (χ3v) is 6.91. The lowest BCUT2D eigenvalue weighted by Gasteiger charge is -2.32. The molecule has 0 N–H and O–H groups in total. The van der Waals surface area contributed by atoms with Crippen molar-refractivity contribution in [1.29, 1.82) is 0 Å². The van der Waals surface area contributed by atoms with Gasteiger partial charge in [-0.2, -0.15) is 0 Å². The summed E-state index contributed by atoms with van der Waals surface area (Å²) in [4.78, 5) is 13.9. The lowest BCUT2D eigenvalue weighted by atomic mass is 10.1. The number of piperidine rings is 1. The molecular formula is C17H24ClNO4S. The summed E-state index contributed by atoms with van der Waals surface area (Å²) in [7, 11) is -3.07. The molecule has 0 saturated carbocycles. The molecule has 1 heterocycles. The van der Waals surface area contributed by atoms with Crippen molar-refractivity contribution in [2.75, 3.05) is 25.4 Å². The number of rotatable bonds is 6. The van der Waals surface area contributed by atoms with Gasteiger partial charge in [-0.1, -0.05) is 25.4 Å². The van der Waals surface area contributed by atoms with Crippen molar-refractivity contribution >= 4 is 27.3 Å². The molecule has 134 valence electrons. The molecule has 0 bridgehead atoms. The summed E-state index contributed by atoms with van der Waals surface area (Å²) in [6, 6.07) is 6.82. The van der Waals surface area contributed by atoms with Gasteiger partial charge in [0, 0.05) is 18.1 Å². The Morgan fingerprint density at radius 2 is 1.83 bits per heavy atom. The Morgan fingerprint density at radius 3 is 2.38 bits per heavy atom. The summed E-state index contributed by atoms with van der Waals surface area (Å²) in [6.45, 7) is 4.69. The Hall–Kier alpha value is -1.27. The van der Waals surface area contributed by atoms with Gasteiger partial charge in [-0.15, -0.1) is 0 Å². The number of sulfone groups is 1. The zero-order chi connectivity index (χ0) is 17.7. The minimum atomic E-state index is -3.07. The van der Waals surface area contributed by atoms with Gasteiger partial charge >= 0.3 is 0 Å². The second-order valence-electron chi connectivity index (χ2n) is 6.55. The Bertz CT molecular complexity index is 650. The average molecular weight is 374 g/mol. The maximum Gasteiger partial charge on any atom is 0.260 e. The molecule has 0 radical (unpaired) electrons. The summed E-state index contributed by atoms with van der Waals surface area (Å²) < 4.78 is 30.0. The molecular weight excluding hydrogens is 350 g/mol. The van der Waals surface area contributed by atoms with Crippen molar-refractivity contribution in [3.8, 4) is 5.75 Å². The molecule has 1 aliphatic heterocycles. The van der Waals surface area contributed by atoms with E-state index in [1.54, 1.807) is 29.2 Å². The van der Waals surface area contributed by atoms with Gasteiger partial charge in [-0.3, -0.25) is 4.79 Å². The van der Waals surface area contributed by atoms with Crippen LogP contribution in [0.3, 0.4) is 0 Å². The van der Waals surface area contributed by atoms with E-state index in [2.05, 4.69) is 0 Å². The lowest BCUT2D eigenvalue weighted by Crippen LogP contribution is -2.45. The highest BCUT2D eigenvalue weighted by atomic mass is 35.5. The highest BCUT2D eigenvalue weighted by Gasteiger charge is 2.31. The summed E-state index contributed by atoms with van der Waals surface area (Å²) in [5.41, 5.74) is 0. The third kappa shape index (κ3) is 5.38. The molecule has 1 fully saturated rings. The number of nitrogens with zero attached hydrogens (tertiary/aromatic N) is 1. The Morgan fingerprint density at radius 1 is 1.25 bits per heavy atom. The molecule has 0 aromatic heterocycles. The number of amides is 1. The summed E-state index contributed by atoms with van der Waals surface area (Å²) in [5, 5.41) is 0.277. The number of benzene rings is 1. The van der Waals surface area contributed by atoms with Gasteiger partial charge in [-0.05, 0) is 43.0 Å². The van der Waals surface area contributed by atoms with E-state index in [0.717, 1.165) is 0 Å². The van der Waals surface area contributed by atoms with Crippen LogP contribution in [0, 0.1) is 5.92 Å². The SMILES string of the molecule is CC(C)CS(=O)(=O)C1CCN(C(=O)COc2ccc(Cl)cc2)CC1. The van der Waals surface area contributed by atoms with Crippen LogP contribution >= 0.6 is 11.6 Å². The van der Waals surface area contributed by atoms with E-state index < -0.39 is 9.84 Å². The number of carbonyl (C=O) groups excluding carboxylic acids is 1. The molecule has 2 rings (SSSR count). The molecule has 1 aromatic rings. The van der Waals surface area contributed by atoms with E-state index in [0.29, 0.717) is 36.7 Å². The molecule has 1 aliphatic rings. The molecule has 24 heavy (non-hydrogen) atoms. The molecule has 7 heteroatoms.